The van der Waals surface area contributed by atoms with Crippen molar-refractivity contribution in [3.05, 3.63) is 65.0 Å². The van der Waals surface area contributed by atoms with Crippen LogP contribution in [0.2, 0.25) is 0 Å². The Labute approximate surface area is 219 Å². The van der Waals surface area contributed by atoms with Crippen LogP contribution in [-0.4, -0.2) is 34.8 Å². The lowest BCUT2D eigenvalue weighted by Gasteiger charge is -2.30. The number of esters is 1. The standard InChI is InChI=1S/C30H30F2N2O4/c1-6-36-29(35)27(38-30(3,4)5)23-16(2)15-21-18(7-9-20(34-21)28(31)32)25(23)19-8-10-22-24-17(12-14-37-22)11-13-33-26(19)24/h7-11,13,15,27-28H,6,12,14H2,1-5H3/t27-/m0/s1. The third kappa shape index (κ3) is 4.69. The first kappa shape index (κ1) is 26.0. The number of carbonyl (C=O) groups excluding carboxylic acids is 1. The van der Waals surface area contributed by atoms with E-state index in [0.29, 0.717) is 39.7 Å². The summed E-state index contributed by atoms with van der Waals surface area (Å²) in [7, 11) is 0. The highest BCUT2D eigenvalue weighted by Crippen LogP contribution is 2.45. The molecule has 0 N–H and O–H groups in total. The second-order valence-corrected chi connectivity index (χ2v) is 10.4. The van der Waals surface area contributed by atoms with Crippen molar-refractivity contribution < 1.29 is 27.8 Å². The average Bonchev–Trinajstić information content (AvgIpc) is 2.87. The number of aromatic nitrogens is 2. The van der Waals surface area contributed by atoms with Crippen molar-refractivity contribution in [2.24, 2.45) is 0 Å². The summed E-state index contributed by atoms with van der Waals surface area (Å²) in [5.74, 6) is 0.213. The summed E-state index contributed by atoms with van der Waals surface area (Å²) in [6, 6.07) is 10.4. The molecule has 1 aliphatic heterocycles. The first-order valence-electron chi connectivity index (χ1n) is 12.7. The van der Waals surface area contributed by atoms with E-state index in [9.17, 15) is 13.6 Å². The van der Waals surface area contributed by atoms with Gasteiger partial charge in [0.1, 0.15) is 11.4 Å². The first-order chi connectivity index (χ1) is 18.1. The lowest BCUT2D eigenvalue weighted by Crippen LogP contribution is -2.29. The quantitative estimate of drug-likeness (QED) is 0.254. The SMILES string of the molecule is CCOC(=O)[C@@H](OC(C)(C)C)c1c(C)cc2nc(C(F)F)ccc2c1-c1ccc2c3c(ccnc13)CCO2. The summed E-state index contributed by atoms with van der Waals surface area (Å²) in [5.41, 5.74) is 3.87. The van der Waals surface area contributed by atoms with Crippen molar-refractivity contribution in [2.75, 3.05) is 13.2 Å². The number of ether oxygens (including phenoxy) is 3. The van der Waals surface area contributed by atoms with Crippen molar-refractivity contribution in [1.29, 1.82) is 0 Å². The summed E-state index contributed by atoms with van der Waals surface area (Å²) < 4.78 is 44.8. The molecule has 0 saturated heterocycles. The fourth-order valence-electron chi connectivity index (χ4n) is 5.09. The molecule has 6 nitrogen and oxygen atoms in total. The van der Waals surface area contributed by atoms with E-state index >= 15 is 0 Å². The average molecular weight is 521 g/mol. The fraction of sp³-hybridized carbons (Fsp3) is 0.367. The molecule has 198 valence electrons. The second kappa shape index (κ2) is 9.91. The summed E-state index contributed by atoms with van der Waals surface area (Å²) in [6.45, 7) is 9.94. The van der Waals surface area contributed by atoms with Gasteiger partial charge in [0.05, 0.1) is 29.8 Å². The predicted octanol–water partition coefficient (Wildman–Crippen LogP) is 7.05. The molecule has 38 heavy (non-hydrogen) atoms. The van der Waals surface area contributed by atoms with Crippen LogP contribution in [-0.2, 0) is 20.7 Å². The van der Waals surface area contributed by atoms with Crippen LogP contribution in [0, 0.1) is 6.92 Å². The summed E-state index contributed by atoms with van der Waals surface area (Å²) in [5, 5.41) is 1.51. The van der Waals surface area contributed by atoms with Crippen LogP contribution in [0.25, 0.3) is 32.9 Å². The predicted molar refractivity (Wildman–Crippen MR) is 142 cm³/mol. The molecule has 0 unspecified atom stereocenters. The highest BCUT2D eigenvalue weighted by atomic mass is 19.3. The largest absolute Gasteiger partial charge is 0.493 e. The smallest absolute Gasteiger partial charge is 0.339 e. The van der Waals surface area contributed by atoms with Crippen molar-refractivity contribution >= 4 is 27.8 Å². The number of hydrogen-bond donors (Lipinski definition) is 0. The first-order valence-corrected chi connectivity index (χ1v) is 12.7. The van der Waals surface area contributed by atoms with Gasteiger partial charge in [-0.05, 0) is 81.6 Å². The normalized spacial score (nSPS) is 14.1. The van der Waals surface area contributed by atoms with E-state index in [0.717, 1.165) is 28.7 Å². The minimum atomic E-state index is -2.71. The van der Waals surface area contributed by atoms with Gasteiger partial charge in [-0.3, -0.25) is 4.98 Å². The molecule has 0 aliphatic carbocycles. The van der Waals surface area contributed by atoms with Gasteiger partial charge in [0.2, 0.25) is 0 Å². The Morgan fingerprint density at radius 1 is 1.16 bits per heavy atom. The Bertz CT molecular complexity index is 1540. The van der Waals surface area contributed by atoms with E-state index in [4.69, 9.17) is 19.2 Å². The zero-order chi connectivity index (χ0) is 27.2. The molecule has 5 rings (SSSR count). The van der Waals surface area contributed by atoms with Crippen molar-refractivity contribution in [2.45, 2.75) is 59.2 Å². The Hall–Kier alpha value is -3.65. The molecule has 1 aliphatic rings. The van der Waals surface area contributed by atoms with Gasteiger partial charge in [-0.15, -0.1) is 0 Å². The number of benzene rings is 2. The fourth-order valence-corrected chi connectivity index (χ4v) is 5.09. The number of nitrogens with zero attached hydrogens (tertiary/aromatic N) is 2. The lowest BCUT2D eigenvalue weighted by molar-refractivity contribution is -0.166. The maximum Gasteiger partial charge on any atom is 0.339 e. The molecule has 4 aromatic rings. The van der Waals surface area contributed by atoms with E-state index in [-0.39, 0.29) is 12.3 Å². The topological polar surface area (TPSA) is 70.5 Å². The number of fused-ring (bicyclic) bond motifs is 1. The highest BCUT2D eigenvalue weighted by molar-refractivity contribution is 6.08. The molecule has 2 aromatic heterocycles. The molecule has 0 fully saturated rings. The number of hydrogen-bond acceptors (Lipinski definition) is 6. The van der Waals surface area contributed by atoms with Gasteiger partial charge in [-0.25, -0.2) is 18.6 Å². The van der Waals surface area contributed by atoms with Crippen LogP contribution in [0.5, 0.6) is 5.75 Å². The molecular weight excluding hydrogens is 490 g/mol. The van der Waals surface area contributed by atoms with Gasteiger partial charge in [0.15, 0.2) is 6.10 Å². The molecular formula is C30H30F2N2O4. The molecule has 0 bridgehead atoms. The Morgan fingerprint density at radius 2 is 1.95 bits per heavy atom. The number of halogens is 2. The second-order valence-electron chi connectivity index (χ2n) is 10.4. The number of aryl methyl sites for hydroxylation is 1. The third-order valence-electron chi connectivity index (χ3n) is 6.56. The summed E-state index contributed by atoms with van der Waals surface area (Å²) in [6.07, 6.45) is -1.27. The van der Waals surface area contributed by atoms with E-state index in [1.54, 1.807) is 25.3 Å². The number of rotatable bonds is 6. The summed E-state index contributed by atoms with van der Waals surface area (Å²) >= 11 is 0. The zero-order valence-corrected chi connectivity index (χ0v) is 22.1. The van der Waals surface area contributed by atoms with Crippen LogP contribution in [0.15, 0.2) is 42.6 Å². The molecule has 0 saturated carbocycles. The van der Waals surface area contributed by atoms with Gasteiger partial charge < -0.3 is 14.2 Å². The van der Waals surface area contributed by atoms with Crippen molar-refractivity contribution in [1.82, 2.24) is 9.97 Å². The Morgan fingerprint density at radius 3 is 2.66 bits per heavy atom. The molecule has 0 spiro atoms. The van der Waals surface area contributed by atoms with Crippen LogP contribution < -0.4 is 4.74 Å². The van der Waals surface area contributed by atoms with Crippen molar-refractivity contribution in [3.8, 4) is 16.9 Å². The minimum Gasteiger partial charge on any atom is -0.493 e. The van der Waals surface area contributed by atoms with E-state index < -0.39 is 24.1 Å². The molecule has 0 radical (unpaired) electrons. The number of pyridine rings is 2. The van der Waals surface area contributed by atoms with E-state index in [1.165, 1.54) is 6.07 Å². The minimum absolute atomic E-state index is 0.185. The monoisotopic (exact) mass is 520 g/mol. The molecule has 3 heterocycles. The molecule has 0 amide bonds. The Kier molecular flexibility index (Phi) is 6.77. The lowest BCUT2D eigenvalue weighted by atomic mass is 9.86. The van der Waals surface area contributed by atoms with Gasteiger partial charge in [-0.2, -0.15) is 0 Å². The van der Waals surface area contributed by atoms with Crippen LogP contribution >= 0.6 is 0 Å². The number of alkyl halides is 2. The van der Waals surface area contributed by atoms with Crippen LogP contribution in [0.1, 0.15) is 62.6 Å². The van der Waals surface area contributed by atoms with E-state index in [2.05, 4.69) is 4.98 Å². The number of carbonyl (C=O) groups is 1. The van der Waals surface area contributed by atoms with Crippen LogP contribution in [0.4, 0.5) is 8.78 Å². The Balaban J connectivity index is 1.89. The maximum atomic E-state index is 13.6. The molecule has 1 atom stereocenters. The van der Waals surface area contributed by atoms with Crippen molar-refractivity contribution in [3.63, 3.8) is 0 Å². The molecule has 8 heteroatoms. The highest BCUT2D eigenvalue weighted by Gasteiger charge is 2.34. The van der Waals surface area contributed by atoms with Crippen LogP contribution in [0.3, 0.4) is 0 Å². The van der Waals surface area contributed by atoms with Gasteiger partial charge in [-0.1, -0.05) is 6.07 Å². The van der Waals surface area contributed by atoms with Gasteiger partial charge >= 0.3 is 5.97 Å². The van der Waals surface area contributed by atoms with Gasteiger partial charge in [0.25, 0.3) is 6.43 Å². The maximum absolute atomic E-state index is 13.6. The van der Waals surface area contributed by atoms with Gasteiger partial charge in [0, 0.05) is 34.5 Å². The third-order valence-corrected chi connectivity index (χ3v) is 6.56. The zero-order valence-electron chi connectivity index (χ0n) is 22.1. The molecule has 2 aromatic carbocycles. The summed E-state index contributed by atoms with van der Waals surface area (Å²) in [4.78, 5) is 22.4. The van der Waals surface area contributed by atoms with E-state index in [1.807, 2.05) is 45.9 Å².